The molecule has 1 N–H and O–H groups in total. The van der Waals surface area contributed by atoms with Crippen LogP contribution in [0.25, 0.3) is 0 Å². The fourth-order valence-corrected chi connectivity index (χ4v) is 4.84. The standard InChI is InChI=1S/C16H21ClN2O4S/c1-19(2)16(21)13-5-4-12(9-14(13)17)18-15(20)6-3-11-7-8-24(22,23)10-11/h4-5,9,11H,3,6-8,10H2,1-2H3,(H,18,20). The van der Waals surface area contributed by atoms with E-state index in [1.165, 1.54) is 11.0 Å². The van der Waals surface area contributed by atoms with Crippen LogP contribution >= 0.6 is 11.6 Å². The Labute approximate surface area is 147 Å². The molecule has 1 aromatic carbocycles. The highest BCUT2D eigenvalue weighted by atomic mass is 35.5. The van der Waals surface area contributed by atoms with Gasteiger partial charge >= 0.3 is 0 Å². The molecule has 0 aromatic heterocycles. The van der Waals surface area contributed by atoms with Gasteiger partial charge in [0.05, 0.1) is 22.1 Å². The average Bonchev–Trinajstić information content (AvgIpc) is 2.84. The average molecular weight is 373 g/mol. The second-order valence-electron chi connectivity index (χ2n) is 6.25. The van der Waals surface area contributed by atoms with E-state index in [1.54, 1.807) is 26.2 Å². The Morgan fingerprint density at radius 2 is 2.04 bits per heavy atom. The first-order valence-electron chi connectivity index (χ1n) is 7.69. The lowest BCUT2D eigenvalue weighted by molar-refractivity contribution is -0.116. The maximum Gasteiger partial charge on any atom is 0.254 e. The summed E-state index contributed by atoms with van der Waals surface area (Å²) in [4.78, 5) is 25.3. The molecule has 24 heavy (non-hydrogen) atoms. The zero-order valence-corrected chi connectivity index (χ0v) is 15.3. The number of benzene rings is 1. The van der Waals surface area contributed by atoms with Crippen LogP contribution in [0.5, 0.6) is 0 Å². The van der Waals surface area contributed by atoms with E-state index in [0.717, 1.165) is 0 Å². The molecular formula is C16H21ClN2O4S. The Morgan fingerprint density at radius 3 is 2.58 bits per heavy atom. The van der Waals surface area contributed by atoms with E-state index >= 15 is 0 Å². The lowest BCUT2D eigenvalue weighted by Crippen LogP contribution is -2.22. The van der Waals surface area contributed by atoms with Gasteiger partial charge in [0, 0.05) is 26.2 Å². The number of rotatable bonds is 5. The number of nitrogens with zero attached hydrogens (tertiary/aromatic N) is 1. The van der Waals surface area contributed by atoms with Crippen LogP contribution in [-0.4, -0.2) is 50.7 Å². The van der Waals surface area contributed by atoms with Gasteiger partial charge in [-0.05, 0) is 37.0 Å². The lowest BCUT2D eigenvalue weighted by atomic mass is 10.0. The van der Waals surface area contributed by atoms with E-state index in [2.05, 4.69) is 5.32 Å². The second kappa shape index (κ2) is 7.53. The lowest BCUT2D eigenvalue weighted by Gasteiger charge is -2.13. The monoisotopic (exact) mass is 372 g/mol. The smallest absolute Gasteiger partial charge is 0.254 e. The molecule has 1 heterocycles. The summed E-state index contributed by atoms with van der Waals surface area (Å²) >= 11 is 6.10. The second-order valence-corrected chi connectivity index (χ2v) is 8.89. The number of hydrogen-bond donors (Lipinski definition) is 1. The highest BCUT2D eigenvalue weighted by Crippen LogP contribution is 2.24. The molecule has 0 bridgehead atoms. The van der Waals surface area contributed by atoms with Gasteiger partial charge in [0.15, 0.2) is 9.84 Å². The molecule has 1 atom stereocenters. The Kier molecular flexibility index (Phi) is 5.87. The zero-order valence-electron chi connectivity index (χ0n) is 13.7. The Balaban J connectivity index is 1.90. The van der Waals surface area contributed by atoms with Crippen LogP contribution < -0.4 is 5.32 Å². The summed E-state index contributed by atoms with van der Waals surface area (Å²) in [5.41, 5.74) is 0.884. The maximum absolute atomic E-state index is 12.0. The van der Waals surface area contributed by atoms with Crippen LogP contribution in [-0.2, 0) is 14.6 Å². The molecular weight excluding hydrogens is 352 g/mol. The van der Waals surface area contributed by atoms with Gasteiger partial charge in [-0.1, -0.05) is 11.6 Å². The van der Waals surface area contributed by atoms with Crippen LogP contribution in [0.15, 0.2) is 18.2 Å². The number of halogens is 1. The fourth-order valence-electron chi connectivity index (χ4n) is 2.67. The molecule has 0 spiro atoms. The van der Waals surface area contributed by atoms with Crippen LogP contribution in [0.3, 0.4) is 0 Å². The summed E-state index contributed by atoms with van der Waals surface area (Å²) in [6, 6.07) is 4.74. The number of carbonyl (C=O) groups is 2. The summed E-state index contributed by atoms with van der Waals surface area (Å²) in [6.07, 6.45) is 1.44. The quantitative estimate of drug-likeness (QED) is 0.858. The first-order chi connectivity index (χ1) is 11.2. The van der Waals surface area contributed by atoms with Gasteiger partial charge in [0.2, 0.25) is 5.91 Å². The van der Waals surface area contributed by atoms with E-state index in [0.29, 0.717) is 24.1 Å². The van der Waals surface area contributed by atoms with Crippen LogP contribution in [0.4, 0.5) is 5.69 Å². The molecule has 1 aromatic rings. The van der Waals surface area contributed by atoms with Crippen molar-refractivity contribution >= 4 is 38.9 Å². The van der Waals surface area contributed by atoms with Crippen molar-refractivity contribution in [1.82, 2.24) is 4.90 Å². The van der Waals surface area contributed by atoms with Gasteiger partial charge in [0.25, 0.3) is 5.91 Å². The minimum atomic E-state index is -2.91. The molecule has 1 aliphatic heterocycles. The summed E-state index contributed by atoms with van der Waals surface area (Å²) in [6.45, 7) is 0. The van der Waals surface area contributed by atoms with Crippen molar-refractivity contribution in [1.29, 1.82) is 0 Å². The first-order valence-corrected chi connectivity index (χ1v) is 9.89. The van der Waals surface area contributed by atoms with Crippen molar-refractivity contribution in [2.45, 2.75) is 19.3 Å². The van der Waals surface area contributed by atoms with Gasteiger partial charge in [-0.25, -0.2) is 8.42 Å². The molecule has 2 amide bonds. The van der Waals surface area contributed by atoms with Crippen LogP contribution in [0.2, 0.25) is 5.02 Å². The van der Waals surface area contributed by atoms with Crippen molar-refractivity contribution in [3.8, 4) is 0 Å². The zero-order chi connectivity index (χ0) is 17.9. The molecule has 2 rings (SSSR count). The summed E-state index contributed by atoms with van der Waals surface area (Å²) in [5.74, 6) is 0.0516. The molecule has 1 unspecified atom stereocenters. The number of hydrogen-bond acceptors (Lipinski definition) is 4. The number of sulfone groups is 1. The summed E-state index contributed by atoms with van der Waals surface area (Å²) < 4.78 is 22.8. The third-order valence-corrected chi connectivity index (χ3v) is 6.15. The van der Waals surface area contributed by atoms with Crippen LogP contribution in [0.1, 0.15) is 29.6 Å². The highest BCUT2D eigenvalue weighted by molar-refractivity contribution is 7.91. The Bertz CT molecular complexity index is 746. The van der Waals surface area contributed by atoms with E-state index in [1.807, 2.05) is 0 Å². The van der Waals surface area contributed by atoms with Crippen LogP contribution in [0, 0.1) is 5.92 Å². The van der Waals surface area contributed by atoms with E-state index in [9.17, 15) is 18.0 Å². The van der Waals surface area contributed by atoms with Crippen molar-refractivity contribution in [3.05, 3.63) is 28.8 Å². The van der Waals surface area contributed by atoms with Gasteiger partial charge < -0.3 is 10.2 Å². The normalized spacial score (nSPS) is 19.0. The number of carbonyl (C=O) groups excluding carboxylic acids is 2. The first kappa shape index (κ1) is 18.7. The van der Waals surface area contributed by atoms with Gasteiger partial charge in [-0.3, -0.25) is 9.59 Å². The summed E-state index contributed by atoms with van der Waals surface area (Å²) in [5, 5.41) is 3.00. The highest BCUT2D eigenvalue weighted by Gasteiger charge is 2.27. The van der Waals surface area contributed by atoms with Crippen molar-refractivity contribution < 1.29 is 18.0 Å². The predicted octanol–water partition coefficient (Wildman–Crippen LogP) is 2.20. The number of anilines is 1. The minimum absolute atomic E-state index is 0.0597. The molecule has 8 heteroatoms. The van der Waals surface area contributed by atoms with Gasteiger partial charge in [0.1, 0.15) is 0 Å². The van der Waals surface area contributed by atoms with Gasteiger partial charge in [-0.15, -0.1) is 0 Å². The van der Waals surface area contributed by atoms with Crippen molar-refractivity contribution in [2.75, 3.05) is 30.9 Å². The van der Waals surface area contributed by atoms with E-state index < -0.39 is 9.84 Å². The van der Waals surface area contributed by atoms with E-state index in [4.69, 9.17) is 11.6 Å². The fraction of sp³-hybridized carbons (Fsp3) is 0.500. The SMILES string of the molecule is CN(C)C(=O)c1ccc(NC(=O)CCC2CCS(=O)(=O)C2)cc1Cl. The summed E-state index contributed by atoms with van der Waals surface area (Å²) in [7, 11) is 0.360. The van der Waals surface area contributed by atoms with Gasteiger partial charge in [-0.2, -0.15) is 0 Å². The minimum Gasteiger partial charge on any atom is -0.345 e. The molecule has 1 fully saturated rings. The third kappa shape index (κ3) is 4.95. The van der Waals surface area contributed by atoms with Crippen molar-refractivity contribution in [3.63, 3.8) is 0 Å². The third-order valence-electron chi connectivity index (χ3n) is 4.00. The van der Waals surface area contributed by atoms with Crippen molar-refractivity contribution in [2.24, 2.45) is 5.92 Å². The molecule has 132 valence electrons. The molecule has 0 aliphatic carbocycles. The largest absolute Gasteiger partial charge is 0.345 e. The van der Waals surface area contributed by atoms with E-state index in [-0.39, 0.29) is 40.7 Å². The molecule has 1 saturated heterocycles. The molecule has 1 aliphatic rings. The predicted molar refractivity (Wildman–Crippen MR) is 94.1 cm³/mol. The number of nitrogens with one attached hydrogen (secondary N) is 1. The topological polar surface area (TPSA) is 83.6 Å². The molecule has 0 radical (unpaired) electrons. The number of amides is 2. The Hall–Kier alpha value is -1.60. The molecule has 6 nitrogen and oxygen atoms in total. The Morgan fingerprint density at radius 1 is 1.33 bits per heavy atom. The maximum atomic E-state index is 12.0. The molecule has 0 saturated carbocycles.